The Bertz CT molecular complexity index is 304. The number of hydrogen-bond donors (Lipinski definition) is 0. The molecular formula is C8H9ClN2O2. The first kappa shape index (κ1) is 9.92. The van der Waals surface area contributed by atoms with Crippen LogP contribution in [-0.4, -0.2) is 22.5 Å². The number of hydrogen-bond acceptors (Lipinski definition) is 4. The van der Waals surface area contributed by atoms with Gasteiger partial charge in [-0.15, -0.1) is 11.6 Å². The fraction of sp³-hybridized carbons (Fsp3) is 0.375. The van der Waals surface area contributed by atoms with Crippen LogP contribution in [0.2, 0.25) is 0 Å². The average molecular weight is 201 g/mol. The second-order valence-electron chi connectivity index (χ2n) is 2.24. The van der Waals surface area contributed by atoms with E-state index in [1.54, 1.807) is 6.92 Å². The lowest BCUT2D eigenvalue weighted by molar-refractivity contribution is 0.0524. The molecule has 0 unspecified atom stereocenters. The van der Waals surface area contributed by atoms with Crippen LogP contribution in [0.3, 0.4) is 0 Å². The molecule has 0 radical (unpaired) electrons. The van der Waals surface area contributed by atoms with Gasteiger partial charge in [0.15, 0.2) is 0 Å². The third-order valence-corrected chi connectivity index (χ3v) is 1.67. The Morgan fingerprint density at radius 3 is 3.08 bits per heavy atom. The first-order valence-electron chi connectivity index (χ1n) is 3.81. The van der Waals surface area contributed by atoms with E-state index in [0.717, 1.165) is 0 Å². The molecule has 5 heteroatoms. The quantitative estimate of drug-likeness (QED) is 0.547. The number of ether oxygens (including phenoxy) is 1. The molecule has 13 heavy (non-hydrogen) atoms. The highest BCUT2D eigenvalue weighted by atomic mass is 35.5. The van der Waals surface area contributed by atoms with Crippen LogP contribution in [0, 0.1) is 0 Å². The van der Waals surface area contributed by atoms with Crippen molar-refractivity contribution in [3.8, 4) is 0 Å². The van der Waals surface area contributed by atoms with E-state index in [2.05, 4.69) is 9.97 Å². The Kier molecular flexibility index (Phi) is 3.64. The van der Waals surface area contributed by atoms with Crippen molar-refractivity contribution in [1.29, 1.82) is 0 Å². The lowest BCUT2D eigenvalue weighted by Gasteiger charge is -2.03. The third kappa shape index (κ3) is 2.39. The van der Waals surface area contributed by atoms with Crippen LogP contribution in [-0.2, 0) is 10.6 Å². The molecule has 1 heterocycles. The van der Waals surface area contributed by atoms with Gasteiger partial charge in [-0.1, -0.05) is 0 Å². The molecule has 1 rings (SSSR count). The Labute approximate surface area is 80.9 Å². The van der Waals surface area contributed by atoms with E-state index in [0.29, 0.717) is 17.9 Å². The highest BCUT2D eigenvalue weighted by molar-refractivity contribution is 6.17. The van der Waals surface area contributed by atoms with Gasteiger partial charge in [0, 0.05) is 6.20 Å². The summed E-state index contributed by atoms with van der Waals surface area (Å²) in [6.45, 7) is 2.07. The average Bonchev–Trinajstić information content (AvgIpc) is 2.18. The molecule has 4 nitrogen and oxygen atoms in total. The van der Waals surface area contributed by atoms with Crippen molar-refractivity contribution in [2.45, 2.75) is 12.8 Å². The Morgan fingerprint density at radius 2 is 2.46 bits per heavy atom. The fourth-order valence-electron chi connectivity index (χ4n) is 0.841. The van der Waals surface area contributed by atoms with Gasteiger partial charge in [-0.3, -0.25) is 0 Å². The Balaban J connectivity index is 2.92. The summed E-state index contributed by atoms with van der Waals surface area (Å²) in [5, 5.41) is 0. The molecule has 0 saturated carbocycles. The number of carbonyl (C=O) groups excluding carboxylic acids is 1. The van der Waals surface area contributed by atoms with Crippen LogP contribution in [0.25, 0.3) is 0 Å². The van der Waals surface area contributed by atoms with Gasteiger partial charge in [0.2, 0.25) is 0 Å². The van der Waals surface area contributed by atoms with Crippen molar-refractivity contribution in [2.75, 3.05) is 6.61 Å². The molecule has 1 aromatic rings. The second kappa shape index (κ2) is 4.77. The molecule has 0 aliphatic heterocycles. The van der Waals surface area contributed by atoms with Crippen molar-refractivity contribution >= 4 is 17.6 Å². The number of esters is 1. The lowest BCUT2D eigenvalue weighted by atomic mass is 10.2. The lowest BCUT2D eigenvalue weighted by Crippen LogP contribution is -2.09. The van der Waals surface area contributed by atoms with Crippen LogP contribution in [0.4, 0.5) is 0 Å². The molecule has 0 amide bonds. The van der Waals surface area contributed by atoms with Crippen molar-refractivity contribution < 1.29 is 9.53 Å². The molecular weight excluding hydrogens is 192 g/mol. The summed E-state index contributed by atoms with van der Waals surface area (Å²) < 4.78 is 4.79. The minimum Gasteiger partial charge on any atom is -0.462 e. The van der Waals surface area contributed by atoms with Gasteiger partial charge in [0.05, 0.1) is 18.2 Å². The zero-order chi connectivity index (χ0) is 9.68. The van der Waals surface area contributed by atoms with Crippen LogP contribution < -0.4 is 0 Å². The molecule has 0 bridgehead atoms. The molecule has 0 aromatic carbocycles. The minimum atomic E-state index is -0.432. The van der Waals surface area contributed by atoms with Gasteiger partial charge in [0.25, 0.3) is 0 Å². The highest BCUT2D eigenvalue weighted by Crippen LogP contribution is 2.07. The van der Waals surface area contributed by atoms with Crippen LogP contribution in [0.5, 0.6) is 0 Å². The topological polar surface area (TPSA) is 52.1 Å². The maximum atomic E-state index is 11.3. The summed E-state index contributed by atoms with van der Waals surface area (Å²) in [6, 6.07) is 0. The van der Waals surface area contributed by atoms with Crippen LogP contribution >= 0.6 is 11.6 Å². The normalized spacial score (nSPS) is 9.69. The molecule has 1 aromatic heterocycles. The number of halogens is 1. The summed E-state index contributed by atoms with van der Waals surface area (Å²) in [4.78, 5) is 18.8. The molecule has 0 aliphatic carbocycles. The monoisotopic (exact) mass is 200 g/mol. The van der Waals surface area contributed by atoms with Gasteiger partial charge >= 0.3 is 5.97 Å². The smallest absolute Gasteiger partial charge is 0.341 e. The van der Waals surface area contributed by atoms with Gasteiger partial charge in [-0.25, -0.2) is 14.8 Å². The molecule has 0 N–H and O–H groups in total. The van der Waals surface area contributed by atoms with Crippen molar-refractivity contribution in [3.05, 3.63) is 23.8 Å². The predicted molar refractivity (Wildman–Crippen MR) is 47.5 cm³/mol. The zero-order valence-electron chi connectivity index (χ0n) is 7.16. The van der Waals surface area contributed by atoms with Gasteiger partial charge in [-0.2, -0.15) is 0 Å². The van der Waals surface area contributed by atoms with Crippen molar-refractivity contribution in [1.82, 2.24) is 9.97 Å². The zero-order valence-corrected chi connectivity index (χ0v) is 7.91. The summed E-state index contributed by atoms with van der Waals surface area (Å²) in [5.74, 6) is -0.254. The molecule has 0 spiro atoms. The SMILES string of the molecule is CCOC(=O)c1cncnc1CCl. The van der Waals surface area contributed by atoms with Crippen LogP contribution in [0.1, 0.15) is 23.0 Å². The summed E-state index contributed by atoms with van der Waals surface area (Å²) in [7, 11) is 0. The van der Waals surface area contributed by atoms with Gasteiger partial charge in [-0.05, 0) is 6.92 Å². The number of nitrogens with zero attached hydrogens (tertiary/aromatic N) is 2. The Hall–Kier alpha value is -1.16. The summed E-state index contributed by atoms with van der Waals surface area (Å²) in [5.41, 5.74) is 0.828. The van der Waals surface area contributed by atoms with E-state index in [4.69, 9.17) is 16.3 Å². The number of carbonyl (C=O) groups is 1. The third-order valence-electron chi connectivity index (χ3n) is 1.42. The van der Waals surface area contributed by atoms with E-state index in [1.807, 2.05) is 0 Å². The van der Waals surface area contributed by atoms with Crippen LogP contribution in [0.15, 0.2) is 12.5 Å². The number of rotatable bonds is 3. The van der Waals surface area contributed by atoms with Gasteiger partial charge in [0.1, 0.15) is 11.9 Å². The number of aromatic nitrogens is 2. The maximum absolute atomic E-state index is 11.3. The highest BCUT2D eigenvalue weighted by Gasteiger charge is 2.12. The first-order chi connectivity index (χ1) is 6.29. The molecule has 70 valence electrons. The summed E-state index contributed by atoms with van der Waals surface area (Å²) >= 11 is 5.58. The van der Waals surface area contributed by atoms with Crippen molar-refractivity contribution in [3.63, 3.8) is 0 Å². The van der Waals surface area contributed by atoms with Gasteiger partial charge < -0.3 is 4.74 Å². The largest absolute Gasteiger partial charge is 0.462 e. The number of alkyl halides is 1. The van der Waals surface area contributed by atoms with E-state index >= 15 is 0 Å². The van der Waals surface area contributed by atoms with E-state index in [-0.39, 0.29) is 5.88 Å². The molecule has 0 saturated heterocycles. The Morgan fingerprint density at radius 1 is 1.69 bits per heavy atom. The minimum absolute atomic E-state index is 0.177. The van der Waals surface area contributed by atoms with Crippen molar-refractivity contribution in [2.24, 2.45) is 0 Å². The molecule has 0 fully saturated rings. The van der Waals surface area contributed by atoms with E-state index in [9.17, 15) is 4.79 Å². The molecule has 0 aliphatic rings. The first-order valence-corrected chi connectivity index (χ1v) is 4.35. The maximum Gasteiger partial charge on any atom is 0.341 e. The second-order valence-corrected chi connectivity index (χ2v) is 2.50. The molecule has 0 atom stereocenters. The fourth-order valence-corrected chi connectivity index (χ4v) is 1.05. The standard InChI is InChI=1S/C8H9ClN2O2/c1-2-13-8(12)6-4-10-5-11-7(6)3-9/h4-5H,2-3H2,1H3. The van der Waals surface area contributed by atoms with E-state index < -0.39 is 5.97 Å². The summed E-state index contributed by atoms with van der Waals surface area (Å²) in [6.07, 6.45) is 2.75. The van der Waals surface area contributed by atoms with E-state index in [1.165, 1.54) is 12.5 Å². The predicted octanol–water partition coefficient (Wildman–Crippen LogP) is 1.39.